The number of amides is 1. The highest BCUT2D eigenvalue weighted by Crippen LogP contribution is 2.34. The van der Waals surface area contributed by atoms with Gasteiger partial charge in [0, 0.05) is 31.7 Å². The number of carbonyl (C=O) groups is 1. The number of carbonyl (C=O) groups excluding carboxylic acids is 1. The van der Waals surface area contributed by atoms with E-state index in [-0.39, 0.29) is 5.91 Å². The molecular weight excluding hydrogens is 252 g/mol. The van der Waals surface area contributed by atoms with Gasteiger partial charge in [-0.25, -0.2) is 0 Å². The van der Waals surface area contributed by atoms with E-state index in [1.807, 2.05) is 37.8 Å². The van der Waals surface area contributed by atoms with E-state index in [4.69, 9.17) is 4.74 Å². The van der Waals surface area contributed by atoms with Crippen LogP contribution in [-0.2, 0) is 10.2 Å². The Morgan fingerprint density at radius 1 is 1.30 bits per heavy atom. The van der Waals surface area contributed by atoms with Crippen molar-refractivity contribution in [1.82, 2.24) is 10.2 Å². The van der Waals surface area contributed by atoms with E-state index in [0.717, 1.165) is 43.1 Å². The maximum absolute atomic E-state index is 12.8. The van der Waals surface area contributed by atoms with Crippen molar-refractivity contribution in [2.24, 2.45) is 0 Å². The van der Waals surface area contributed by atoms with Crippen LogP contribution in [-0.4, -0.2) is 44.1 Å². The molecule has 1 amide bonds. The SMILES string of the molecule is COc1ccc(C)cc1C(C)(C)C(=O)N1CCNCC1. The van der Waals surface area contributed by atoms with E-state index in [0.29, 0.717) is 0 Å². The lowest BCUT2D eigenvalue weighted by Gasteiger charge is -2.35. The average Bonchev–Trinajstić information content (AvgIpc) is 2.47. The Morgan fingerprint density at radius 2 is 1.95 bits per heavy atom. The molecule has 4 nitrogen and oxygen atoms in total. The Kier molecular flexibility index (Phi) is 4.33. The molecule has 4 heteroatoms. The number of nitrogens with one attached hydrogen (secondary N) is 1. The Morgan fingerprint density at radius 3 is 2.55 bits per heavy atom. The van der Waals surface area contributed by atoms with E-state index < -0.39 is 5.41 Å². The van der Waals surface area contributed by atoms with Crippen molar-refractivity contribution in [3.63, 3.8) is 0 Å². The van der Waals surface area contributed by atoms with Crippen LogP contribution in [0.4, 0.5) is 0 Å². The fourth-order valence-corrected chi connectivity index (χ4v) is 2.69. The van der Waals surface area contributed by atoms with Gasteiger partial charge in [0.1, 0.15) is 5.75 Å². The van der Waals surface area contributed by atoms with Gasteiger partial charge in [-0.3, -0.25) is 4.79 Å². The molecule has 0 atom stereocenters. The Labute approximate surface area is 121 Å². The average molecular weight is 276 g/mol. The summed E-state index contributed by atoms with van der Waals surface area (Å²) in [6.07, 6.45) is 0. The first-order valence-electron chi connectivity index (χ1n) is 7.12. The van der Waals surface area contributed by atoms with Gasteiger partial charge >= 0.3 is 0 Å². The normalized spacial score (nSPS) is 16.1. The molecule has 1 aliphatic heterocycles. The smallest absolute Gasteiger partial charge is 0.232 e. The third-order valence-electron chi connectivity index (χ3n) is 3.97. The number of methoxy groups -OCH3 is 1. The van der Waals surface area contributed by atoms with Crippen LogP contribution < -0.4 is 10.1 Å². The van der Waals surface area contributed by atoms with Crippen molar-refractivity contribution in [2.75, 3.05) is 33.3 Å². The number of piperazine rings is 1. The predicted octanol–water partition coefficient (Wildman–Crippen LogP) is 1.71. The summed E-state index contributed by atoms with van der Waals surface area (Å²) >= 11 is 0. The van der Waals surface area contributed by atoms with Crippen LogP contribution in [0.15, 0.2) is 18.2 Å². The van der Waals surface area contributed by atoms with Crippen molar-refractivity contribution >= 4 is 5.91 Å². The maximum Gasteiger partial charge on any atom is 0.232 e. The number of nitrogens with zero attached hydrogens (tertiary/aromatic N) is 1. The fourth-order valence-electron chi connectivity index (χ4n) is 2.69. The molecule has 1 saturated heterocycles. The molecule has 1 aliphatic rings. The molecule has 1 heterocycles. The van der Waals surface area contributed by atoms with Gasteiger partial charge in [0.05, 0.1) is 12.5 Å². The minimum atomic E-state index is -0.575. The van der Waals surface area contributed by atoms with E-state index in [9.17, 15) is 4.79 Å². The molecule has 1 fully saturated rings. The lowest BCUT2D eigenvalue weighted by molar-refractivity contribution is -0.136. The zero-order chi connectivity index (χ0) is 14.8. The summed E-state index contributed by atoms with van der Waals surface area (Å²) in [4.78, 5) is 14.8. The molecule has 0 aliphatic carbocycles. The van der Waals surface area contributed by atoms with Crippen LogP contribution in [0.2, 0.25) is 0 Å². The molecular formula is C16H24N2O2. The van der Waals surface area contributed by atoms with Crippen LogP contribution in [0.5, 0.6) is 5.75 Å². The van der Waals surface area contributed by atoms with Crippen molar-refractivity contribution < 1.29 is 9.53 Å². The van der Waals surface area contributed by atoms with Gasteiger partial charge in [0.25, 0.3) is 0 Å². The topological polar surface area (TPSA) is 41.6 Å². The summed E-state index contributed by atoms with van der Waals surface area (Å²) in [5.41, 5.74) is 1.53. The lowest BCUT2D eigenvalue weighted by atomic mass is 9.81. The lowest BCUT2D eigenvalue weighted by Crippen LogP contribution is -2.51. The standard InChI is InChI=1S/C16H24N2O2/c1-12-5-6-14(20-4)13(11-12)16(2,3)15(19)18-9-7-17-8-10-18/h5-6,11,17H,7-10H2,1-4H3. The number of hydrogen-bond acceptors (Lipinski definition) is 3. The van der Waals surface area contributed by atoms with Crippen LogP contribution in [0, 0.1) is 6.92 Å². The molecule has 110 valence electrons. The molecule has 1 aromatic carbocycles. The Hall–Kier alpha value is -1.55. The van der Waals surface area contributed by atoms with Gasteiger partial charge < -0.3 is 15.0 Å². The van der Waals surface area contributed by atoms with Crippen LogP contribution in [0.3, 0.4) is 0 Å². The van der Waals surface area contributed by atoms with Gasteiger partial charge in [0.15, 0.2) is 0 Å². The molecule has 1 aromatic rings. The number of rotatable bonds is 3. The second kappa shape index (κ2) is 5.83. The Balaban J connectivity index is 2.33. The van der Waals surface area contributed by atoms with Crippen molar-refractivity contribution in [2.45, 2.75) is 26.2 Å². The molecule has 2 rings (SSSR count). The Bertz CT molecular complexity index is 491. The second-order valence-corrected chi connectivity index (χ2v) is 5.87. The third-order valence-corrected chi connectivity index (χ3v) is 3.97. The molecule has 0 unspecified atom stereocenters. The molecule has 0 radical (unpaired) electrons. The van der Waals surface area contributed by atoms with Crippen molar-refractivity contribution in [1.29, 1.82) is 0 Å². The molecule has 0 spiro atoms. The van der Waals surface area contributed by atoms with E-state index in [2.05, 4.69) is 11.4 Å². The third kappa shape index (κ3) is 2.80. The number of benzene rings is 1. The fraction of sp³-hybridized carbons (Fsp3) is 0.562. The largest absolute Gasteiger partial charge is 0.496 e. The van der Waals surface area contributed by atoms with E-state index in [1.165, 1.54) is 0 Å². The molecule has 0 bridgehead atoms. The van der Waals surface area contributed by atoms with Gasteiger partial charge in [-0.15, -0.1) is 0 Å². The van der Waals surface area contributed by atoms with E-state index in [1.54, 1.807) is 7.11 Å². The minimum absolute atomic E-state index is 0.169. The van der Waals surface area contributed by atoms with Crippen LogP contribution in [0.1, 0.15) is 25.0 Å². The first-order chi connectivity index (χ1) is 9.46. The second-order valence-electron chi connectivity index (χ2n) is 5.87. The number of aryl methyl sites for hydroxylation is 1. The van der Waals surface area contributed by atoms with Gasteiger partial charge in [0.2, 0.25) is 5.91 Å². The van der Waals surface area contributed by atoms with Gasteiger partial charge in [-0.2, -0.15) is 0 Å². The van der Waals surface area contributed by atoms with Crippen molar-refractivity contribution in [3.05, 3.63) is 29.3 Å². The first kappa shape index (κ1) is 14.9. The van der Waals surface area contributed by atoms with Crippen LogP contribution in [0.25, 0.3) is 0 Å². The summed E-state index contributed by atoms with van der Waals surface area (Å²) in [6, 6.07) is 6.00. The van der Waals surface area contributed by atoms with Crippen molar-refractivity contribution in [3.8, 4) is 5.75 Å². The van der Waals surface area contributed by atoms with Crippen LogP contribution >= 0.6 is 0 Å². The summed E-state index contributed by atoms with van der Waals surface area (Å²) in [5, 5.41) is 3.27. The summed E-state index contributed by atoms with van der Waals surface area (Å²) in [6.45, 7) is 9.28. The quantitative estimate of drug-likeness (QED) is 0.914. The zero-order valence-electron chi connectivity index (χ0n) is 12.8. The number of ether oxygens (including phenoxy) is 1. The monoisotopic (exact) mass is 276 g/mol. The molecule has 0 aromatic heterocycles. The first-order valence-corrected chi connectivity index (χ1v) is 7.12. The zero-order valence-corrected chi connectivity index (χ0v) is 12.8. The predicted molar refractivity (Wildman–Crippen MR) is 80.2 cm³/mol. The minimum Gasteiger partial charge on any atom is -0.496 e. The van der Waals surface area contributed by atoms with Gasteiger partial charge in [-0.1, -0.05) is 17.7 Å². The maximum atomic E-state index is 12.8. The highest BCUT2D eigenvalue weighted by molar-refractivity contribution is 5.88. The molecule has 20 heavy (non-hydrogen) atoms. The molecule has 0 saturated carbocycles. The molecule has 1 N–H and O–H groups in total. The highest BCUT2D eigenvalue weighted by atomic mass is 16.5. The van der Waals surface area contributed by atoms with E-state index >= 15 is 0 Å². The summed E-state index contributed by atoms with van der Waals surface area (Å²) in [7, 11) is 1.65. The number of hydrogen-bond donors (Lipinski definition) is 1. The summed E-state index contributed by atoms with van der Waals surface area (Å²) < 4.78 is 5.44. The highest BCUT2D eigenvalue weighted by Gasteiger charge is 2.36. The summed E-state index contributed by atoms with van der Waals surface area (Å²) in [5.74, 6) is 0.951. The van der Waals surface area contributed by atoms with Gasteiger partial charge in [-0.05, 0) is 26.8 Å².